The quantitative estimate of drug-likeness (QED) is 0.271. The van der Waals surface area contributed by atoms with Gasteiger partial charge in [0, 0.05) is 24.9 Å². The number of carbonyl (C=O) groups is 1. The lowest BCUT2D eigenvalue weighted by molar-refractivity contribution is 0.101. The van der Waals surface area contributed by atoms with Crippen molar-refractivity contribution in [1.82, 2.24) is 19.6 Å². The molecule has 1 aromatic carbocycles. The van der Waals surface area contributed by atoms with Gasteiger partial charge in [-0.1, -0.05) is 0 Å². The number of benzene rings is 1. The largest absolute Gasteiger partial charge is 0.318 e. The SMILES string of the molecule is Cn1ncc(I)c1C(=O)Nc1cnn(Cc2c(F)cc(F)c(F)c2F)c1. The molecule has 2 aromatic heterocycles. The van der Waals surface area contributed by atoms with Gasteiger partial charge in [-0.3, -0.25) is 14.2 Å². The van der Waals surface area contributed by atoms with Gasteiger partial charge < -0.3 is 5.32 Å². The van der Waals surface area contributed by atoms with Crippen LogP contribution in [0.4, 0.5) is 23.2 Å². The Morgan fingerprint density at radius 2 is 1.88 bits per heavy atom. The molecule has 136 valence electrons. The Balaban J connectivity index is 1.79. The van der Waals surface area contributed by atoms with Crippen molar-refractivity contribution in [1.29, 1.82) is 0 Å². The highest BCUT2D eigenvalue weighted by Crippen LogP contribution is 2.21. The van der Waals surface area contributed by atoms with Crippen LogP contribution in [-0.2, 0) is 13.6 Å². The van der Waals surface area contributed by atoms with Crippen LogP contribution in [0, 0.1) is 26.8 Å². The average molecular weight is 479 g/mol. The van der Waals surface area contributed by atoms with Gasteiger partial charge in [0.1, 0.15) is 11.5 Å². The lowest BCUT2D eigenvalue weighted by atomic mass is 10.2. The molecule has 3 aromatic rings. The van der Waals surface area contributed by atoms with Crippen molar-refractivity contribution in [3.8, 4) is 0 Å². The standard InChI is InChI=1S/C15H10F4IN5O/c1-24-14(11(20)4-21-24)15(26)23-7-3-22-25(5-7)6-8-9(16)2-10(17)13(19)12(8)18/h2-5H,6H2,1H3,(H,23,26). The van der Waals surface area contributed by atoms with Gasteiger partial charge in [-0.25, -0.2) is 17.6 Å². The molecule has 0 aliphatic heterocycles. The lowest BCUT2D eigenvalue weighted by Gasteiger charge is -2.07. The predicted octanol–water partition coefficient (Wildman–Crippen LogP) is 3.08. The maximum Gasteiger partial charge on any atom is 0.275 e. The number of nitrogens with one attached hydrogen (secondary N) is 1. The summed E-state index contributed by atoms with van der Waals surface area (Å²) in [5, 5.41) is 10.4. The zero-order chi connectivity index (χ0) is 19.0. The first-order chi connectivity index (χ1) is 12.3. The normalized spacial score (nSPS) is 11.0. The summed E-state index contributed by atoms with van der Waals surface area (Å²) in [5.41, 5.74) is -0.0856. The molecule has 0 radical (unpaired) electrons. The highest BCUT2D eigenvalue weighted by atomic mass is 127. The smallest absolute Gasteiger partial charge is 0.275 e. The van der Waals surface area contributed by atoms with E-state index in [0.29, 0.717) is 9.26 Å². The number of amides is 1. The van der Waals surface area contributed by atoms with Gasteiger partial charge in [-0.2, -0.15) is 10.2 Å². The van der Waals surface area contributed by atoms with Crippen LogP contribution in [0.5, 0.6) is 0 Å². The molecule has 0 atom stereocenters. The minimum absolute atomic E-state index is 0.260. The van der Waals surface area contributed by atoms with Crippen LogP contribution in [-0.4, -0.2) is 25.5 Å². The highest BCUT2D eigenvalue weighted by molar-refractivity contribution is 14.1. The fourth-order valence-corrected chi connectivity index (χ4v) is 3.00. The molecule has 26 heavy (non-hydrogen) atoms. The summed E-state index contributed by atoms with van der Waals surface area (Å²) in [4.78, 5) is 12.2. The number of hydrogen-bond acceptors (Lipinski definition) is 3. The molecule has 2 heterocycles. The number of carbonyl (C=O) groups excluding carboxylic acids is 1. The summed E-state index contributed by atoms with van der Waals surface area (Å²) in [5.74, 6) is -6.66. The molecule has 0 spiro atoms. The number of aromatic nitrogens is 4. The molecule has 0 unspecified atom stereocenters. The summed E-state index contributed by atoms with van der Waals surface area (Å²) in [6.45, 7) is -0.478. The van der Waals surface area contributed by atoms with Gasteiger partial charge in [0.2, 0.25) is 0 Å². The number of hydrogen-bond donors (Lipinski definition) is 1. The first-order valence-corrected chi connectivity index (χ1v) is 8.19. The van der Waals surface area contributed by atoms with Crippen molar-refractivity contribution in [2.24, 2.45) is 7.05 Å². The fraction of sp³-hybridized carbons (Fsp3) is 0.133. The molecule has 0 saturated heterocycles. The Morgan fingerprint density at radius 1 is 1.15 bits per heavy atom. The van der Waals surface area contributed by atoms with Gasteiger partial charge in [0.15, 0.2) is 17.5 Å². The van der Waals surface area contributed by atoms with Gasteiger partial charge in [0.25, 0.3) is 5.91 Å². The predicted molar refractivity (Wildman–Crippen MR) is 91.5 cm³/mol. The molecular weight excluding hydrogens is 469 g/mol. The Labute approximate surface area is 157 Å². The molecule has 1 N–H and O–H groups in total. The minimum atomic E-state index is -1.76. The Bertz CT molecular complexity index is 981. The number of rotatable bonds is 4. The van der Waals surface area contributed by atoms with Gasteiger partial charge in [-0.05, 0) is 22.6 Å². The van der Waals surface area contributed by atoms with E-state index in [-0.39, 0.29) is 11.8 Å². The third-order valence-electron chi connectivity index (χ3n) is 3.53. The molecule has 0 fully saturated rings. The van der Waals surface area contributed by atoms with E-state index in [1.54, 1.807) is 7.05 Å². The number of halogens is 5. The van der Waals surface area contributed by atoms with Crippen molar-refractivity contribution in [3.63, 3.8) is 0 Å². The zero-order valence-electron chi connectivity index (χ0n) is 13.1. The van der Waals surface area contributed by atoms with Crippen molar-refractivity contribution in [2.45, 2.75) is 6.54 Å². The van der Waals surface area contributed by atoms with E-state index < -0.39 is 41.3 Å². The molecule has 0 aliphatic carbocycles. The average Bonchev–Trinajstić information content (AvgIpc) is 3.15. The fourth-order valence-electron chi connectivity index (χ4n) is 2.28. The topological polar surface area (TPSA) is 64.7 Å². The second-order valence-electron chi connectivity index (χ2n) is 5.29. The Kier molecular flexibility index (Phi) is 4.98. The second-order valence-corrected chi connectivity index (χ2v) is 6.45. The van der Waals surface area contributed by atoms with Crippen LogP contribution in [0.2, 0.25) is 0 Å². The van der Waals surface area contributed by atoms with Crippen LogP contribution in [0.1, 0.15) is 16.1 Å². The minimum Gasteiger partial charge on any atom is -0.318 e. The third kappa shape index (κ3) is 3.43. The molecule has 1 amide bonds. The third-order valence-corrected chi connectivity index (χ3v) is 4.32. The number of aryl methyl sites for hydroxylation is 1. The van der Waals surface area contributed by atoms with E-state index in [4.69, 9.17) is 0 Å². The van der Waals surface area contributed by atoms with E-state index in [0.717, 1.165) is 4.68 Å². The van der Waals surface area contributed by atoms with Crippen LogP contribution in [0.25, 0.3) is 0 Å². The lowest BCUT2D eigenvalue weighted by Crippen LogP contribution is -2.17. The van der Waals surface area contributed by atoms with E-state index in [1.807, 2.05) is 22.6 Å². The van der Waals surface area contributed by atoms with E-state index in [9.17, 15) is 22.4 Å². The Morgan fingerprint density at radius 3 is 2.54 bits per heavy atom. The van der Waals surface area contributed by atoms with Gasteiger partial charge >= 0.3 is 0 Å². The van der Waals surface area contributed by atoms with E-state index in [2.05, 4.69) is 15.5 Å². The summed E-state index contributed by atoms with van der Waals surface area (Å²) >= 11 is 1.96. The molecule has 0 saturated carbocycles. The van der Waals surface area contributed by atoms with Crippen molar-refractivity contribution >= 4 is 34.2 Å². The second kappa shape index (κ2) is 7.05. The summed E-state index contributed by atoms with van der Waals surface area (Å²) in [6.07, 6.45) is 4.09. The molecular formula is C15H10F4IN5O. The van der Waals surface area contributed by atoms with Crippen molar-refractivity contribution < 1.29 is 22.4 Å². The van der Waals surface area contributed by atoms with Gasteiger partial charge in [0.05, 0.1) is 28.2 Å². The van der Waals surface area contributed by atoms with Crippen LogP contribution in [0.15, 0.2) is 24.7 Å². The highest BCUT2D eigenvalue weighted by Gasteiger charge is 2.20. The van der Waals surface area contributed by atoms with Crippen molar-refractivity contribution in [2.75, 3.05) is 5.32 Å². The summed E-state index contributed by atoms with van der Waals surface area (Å²) in [7, 11) is 1.61. The van der Waals surface area contributed by atoms with E-state index >= 15 is 0 Å². The van der Waals surface area contributed by atoms with Crippen LogP contribution < -0.4 is 5.32 Å². The number of nitrogens with zero attached hydrogens (tertiary/aromatic N) is 4. The zero-order valence-corrected chi connectivity index (χ0v) is 15.3. The molecule has 0 bridgehead atoms. The summed E-state index contributed by atoms with van der Waals surface area (Å²) < 4.78 is 56.8. The molecule has 6 nitrogen and oxygen atoms in total. The first kappa shape index (κ1) is 18.4. The maximum atomic E-state index is 13.7. The van der Waals surface area contributed by atoms with E-state index in [1.165, 1.54) is 23.3 Å². The molecule has 0 aliphatic rings. The van der Waals surface area contributed by atoms with Gasteiger partial charge in [-0.15, -0.1) is 0 Å². The van der Waals surface area contributed by atoms with Crippen molar-refractivity contribution in [3.05, 3.63) is 62.8 Å². The maximum absolute atomic E-state index is 13.7. The van der Waals surface area contributed by atoms with Crippen LogP contribution in [0.3, 0.4) is 0 Å². The summed E-state index contributed by atoms with van der Waals surface area (Å²) in [6, 6.07) is 0.268. The molecule has 11 heteroatoms. The Hall–Kier alpha value is -2.44. The first-order valence-electron chi connectivity index (χ1n) is 7.11. The number of anilines is 1. The van der Waals surface area contributed by atoms with Crippen LogP contribution >= 0.6 is 22.6 Å². The molecule has 3 rings (SSSR count). The monoisotopic (exact) mass is 479 g/mol.